The Balaban J connectivity index is 4.12. The van der Waals surface area contributed by atoms with Crippen molar-refractivity contribution in [1.82, 2.24) is 9.62 Å². The van der Waals surface area contributed by atoms with Gasteiger partial charge in [-0.1, -0.05) is 13.8 Å². The number of nitrogens with one attached hydrogen (secondary N) is 1. The Morgan fingerprint density at radius 1 is 1.38 bits per heavy atom. The third kappa shape index (κ3) is 5.23. The van der Waals surface area contributed by atoms with Gasteiger partial charge in [-0.15, -0.1) is 0 Å². The van der Waals surface area contributed by atoms with E-state index in [1.165, 1.54) is 4.31 Å². The molecule has 13 heavy (non-hydrogen) atoms. The summed E-state index contributed by atoms with van der Waals surface area (Å²) in [7, 11) is 0.390. The molecule has 0 saturated heterocycles. The Hall–Kier alpha value is -0.130. The van der Waals surface area contributed by atoms with Crippen molar-refractivity contribution in [3.8, 4) is 0 Å². The van der Waals surface area contributed by atoms with Gasteiger partial charge in [0.1, 0.15) is 0 Å². The van der Waals surface area contributed by atoms with Crippen LogP contribution in [0.3, 0.4) is 0 Å². The second-order valence-electron chi connectivity index (χ2n) is 3.60. The molecular formula is C8H20N2O2S. The molecule has 0 saturated carbocycles. The highest BCUT2D eigenvalue weighted by molar-refractivity contribution is 7.89. The third-order valence-electron chi connectivity index (χ3n) is 1.70. The summed E-state index contributed by atoms with van der Waals surface area (Å²) in [6, 6.07) is 0. The first-order valence-corrected chi connectivity index (χ1v) is 6.09. The van der Waals surface area contributed by atoms with E-state index in [9.17, 15) is 8.42 Å². The number of hydrogen-bond donors (Lipinski definition) is 1. The molecular weight excluding hydrogens is 188 g/mol. The average molecular weight is 208 g/mol. The van der Waals surface area contributed by atoms with Gasteiger partial charge in [0.2, 0.25) is 10.0 Å². The first-order chi connectivity index (χ1) is 5.90. The fraction of sp³-hybridized carbons (Fsp3) is 1.00. The monoisotopic (exact) mass is 208 g/mol. The Bertz CT molecular complexity index is 224. The normalized spacial score (nSPS) is 12.8. The summed E-state index contributed by atoms with van der Waals surface area (Å²) in [4.78, 5) is 0. The molecule has 0 radical (unpaired) electrons. The van der Waals surface area contributed by atoms with E-state index in [4.69, 9.17) is 0 Å². The average Bonchev–Trinajstić information content (AvgIpc) is 1.97. The van der Waals surface area contributed by atoms with Crippen molar-refractivity contribution >= 4 is 10.0 Å². The van der Waals surface area contributed by atoms with E-state index in [2.05, 4.69) is 5.32 Å². The predicted octanol–water partition coefficient (Wildman–Crippen LogP) is 0.123. The molecule has 0 aliphatic heterocycles. The Morgan fingerprint density at radius 3 is 2.31 bits per heavy atom. The van der Waals surface area contributed by atoms with Crippen LogP contribution in [0, 0.1) is 5.92 Å². The highest BCUT2D eigenvalue weighted by atomic mass is 32.2. The molecule has 0 rings (SSSR count). The van der Waals surface area contributed by atoms with Gasteiger partial charge in [-0.05, 0) is 13.0 Å². The fourth-order valence-corrected chi connectivity index (χ4v) is 2.42. The van der Waals surface area contributed by atoms with Crippen LogP contribution in [-0.2, 0) is 10.0 Å². The van der Waals surface area contributed by atoms with Crippen LogP contribution < -0.4 is 5.32 Å². The molecule has 0 unspecified atom stereocenters. The number of nitrogens with zero attached hydrogens (tertiary/aromatic N) is 1. The topological polar surface area (TPSA) is 49.4 Å². The lowest BCUT2D eigenvalue weighted by molar-refractivity contribution is 0.459. The minimum absolute atomic E-state index is 0.182. The quantitative estimate of drug-likeness (QED) is 0.674. The number of hydrogen-bond acceptors (Lipinski definition) is 3. The SMILES string of the molecule is CNCCN(C)S(=O)(=O)CC(C)C. The molecule has 0 aromatic rings. The van der Waals surface area contributed by atoms with E-state index < -0.39 is 10.0 Å². The molecule has 0 atom stereocenters. The second kappa shape index (κ2) is 5.57. The predicted molar refractivity (Wildman–Crippen MR) is 55.2 cm³/mol. The molecule has 5 heteroatoms. The van der Waals surface area contributed by atoms with Crippen molar-refractivity contribution in [2.24, 2.45) is 5.92 Å². The molecule has 0 amide bonds. The molecule has 0 aromatic carbocycles. The van der Waals surface area contributed by atoms with Crippen molar-refractivity contribution in [2.45, 2.75) is 13.8 Å². The van der Waals surface area contributed by atoms with Gasteiger partial charge in [0.25, 0.3) is 0 Å². The maximum atomic E-state index is 11.5. The summed E-state index contributed by atoms with van der Waals surface area (Å²) in [6.45, 7) is 5.03. The van der Waals surface area contributed by atoms with E-state index in [-0.39, 0.29) is 11.7 Å². The van der Waals surface area contributed by atoms with Gasteiger partial charge in [-0.2, -0.15) is 0 Å². The van der Waals surface area contributed by atoms with Crippen LogP contribution in [0.25, 0.3) is 0 Å². The lowest BCUT2D eigenvalue weighted by Crippen LogP contribution is -2.35. The van der Waals surface area contributed by atoms with Crippen molar-refractivity contribution in [3.05, 3.63) is 0 Å². The van der Waals surface area contributed by atoms with Gasteiger partial charge in [-0.3, -0.25) is 0 Å². The maximum Gasteiger partial charge on any atom is 0.214 e. The summed E-state index contributed by atoms with van der Waals surface area (Å²) in [6.07, 6.45) is 0. The van der Waals surface area contributed by atoms with Crippen molar-refractivity contribution in [1.29, 1.82) is 0 Å². The molecule has 80 valence electrons. The van der Waals surface area contributed by atoms with Crippen LogP contribution in [0.4, 0.5) is 0 Å². The van der Waals surface area contributed by atoms with Gasteiger partial charge in [0.05, 0.1) is 5.75 Å². The second-order valence-corrected chi connectivity index (χ2v) is 5.72. The molecule has 0 spiro atoms. The van der Waals surface area contributed by atoms with Crippen molar-refractivity contribution in [3.63, 3.8) is 0 Å². The molecule has 0 bridgehead atoms. The molecule has 0 fully saturated rings. The molecule has 0 aliphatic rings. The van der Waals surface area contributed by atoms with Crippen LogP contribution in [-0.4, -0.2) is 45.7 Å². The summed E-state index contributed by atoms with van der Waals surface area (Å²) >= 11 is 0. The molecule has 0 aromatic heterocycles. The van der Waals surface area contributed by atoms with E-state index in [1.54, 1.807) is 7.05 Å². The smallest absolute Gasteiger partial charge is 0.214 e. The number of rotatable bonds is 6. The molecule has 1 N–H and O–H groups in total. The standard InChI is InChI=1S/C8H20N2O2S/c1-8(2)7-13(11,12)10(4)6-5-9-3/h8-9H,5-7H2,1-4H3. The first-order valence-electron chi connectivity index (χ1n) is 4.48. The van der Waals surface area contributed by atoms with Gasteiger partial charge < -0.3 is 5.32 Å². The Morgan fingerprint density at radius 2 is 1.92 bits per heavy atom. The van der Waals surface area contributed by atoms with Gasteiger partial charge in [-0.25, -0.2) is 12.7 Å². The highest BCUT2D eigenvalue weighted by Crippen LogP contribution is 2.03. The summed E-state index contributed by atoms with van der Waals surface area (Å²) in [5, 5.41) is 2.92. The van der Waals surface area contributed by atoms with Crippen LogP contribution in [0.15, 0.2) is 0 Å². The van der Waals surface area contributed by atoms with Gasteiger partial charge in [0, 0.05) is 20.1 Å². The minimum atomic E-state index is -3.04. The first kappa shape index (κ1) is 12.9. The van der Waals surface area contributed by atoms with Crippen LogP contribution in [0.1, 0.15) is 13.8 Å². The van der Waals surface area contributed by atoms with Gasteiger partial charge in [0.15, 0.2) is 0 Å². The van der Waals surface area contributed by atoms with E-state index in [1.807, 2.05) is 20.9 Å². The van der Waals surface area contributed by atoms with Crippen LogP contribution in [0.5, 0.6) is 0 Å². The van der Waals surface area contributed by atoms with Gasteiger partial charge >= 0.3 is 0 Å². The van der Waals surface area contributed by atoms with Crippen LogP contribution >= 0.6 is 0 Å². The minimum Gasteiger partial charge on any atom is -0.318 e. The molecule has 0 aliphatic carbocycles. The van der Waals surface area contributed by atoms with Crippen molar-refractivity contribution < 1.29 is 8.42 Å². The van der Waals surface area contributed by atoms with E-state index in [0.29, 0.717) is 13.1 Å². The number of likely N-dealkylation sites (N-methyl/N-ethyl adjacent to an activating group) is 2. The summed E-state index contributed by atoms with van der Waals surface area (Å²) < 4.78 is 24.5. The zero-order valence-corrected chi connectivity index (χ0v) is 9.69. The lowest BCUT2D eigenvalue weighted by Gasteiger charge is -2.17. The zero-order chi connectivity index (χ0) is 10.5. The van der Waals surface area contributed by atoms with Crippen molar-refractivity contribution in [2.75, 3.05) is 32.9 Å². The molecule has 0 heterocycles. The van der Waals surface area contributed by atoms with E-state index >= 15 is 0 Å². The lowest BCUT2D eigenvalue weighted by atomic mass is 10.3. The van der Waals surface area contributed by atoms with E-state index in [0.717, 1.165) is 0 Å². The maximum absolute atomic E-state index is 11.5. The Labute approximate surface area is 81.4 Å². The zero-order valence-electron chi connectivity index (χ0n) is 8.87. The fourth-order valence-electron chi connectivity index (χ4n) is 0.957. The summed E-state index contributed by atoms with van der Waals surface area (Å²) in [5.74, 6) is 0.412. The highest BCUT2D eigenvalue weighted by Gasteiger charge is 2.18. The summed E-state index contributed by atoms with van der Waals surface area (Å²) in [5.41, 5.74) is 0. The Kier molecular flexibility index (Phi) is 5.51. The van der Waals surface area contributed by atoms with Crippen LogP contribution in [0.2, 0.25) is 0 Å². The molecule has 4 nitrogen and oxygen atoms in total. The number of sulfonamides is 1. The largest absolute Gasteiger partial charge is 0.318 e. The third-order valence-corrected chi connectivity index (χ3v) is 3.92.